The maximum Gasteiger partial charge on any atom is 0.195 e. The molecule has 0 bridgehead atoms. The number of benzene rings is 3. The molecule has 2 atom stereocenters. The number of methoxy groups -OCH3 is 1. The number of ketones is 1. The van der Waals surface area contributed by atoms with E-state index in [-0.39, 0.29) is 11.9 Å². The topological polar surface area (TPSA) is 51.2 Å². The molecule has 6 nitrogen and oxygen atoms in total. The van der Waals surface area contributed by atoms with E-state index in [1.807, 2.05) is 48.5 Å². The molecule has 7 rings (SSSR count). The molecular formula is C39H46N2O4S. The van der Waals surface area contributed by atoms with E-state index in [4.69, 9.17) is 14.2 Å². The molecule has 4 aromatic rings. The highest BCUT2D eigenvalue weighted by molar-refractivity contribution is 7.22. The van der Waals surface area contributed by atoms with Gasteiger partial charge in [-0.15, -0.1) is 11.3 Å². The van der Waals surface area contributed by atoms with Crippen LogP contribution < -0.4 is 14.2 Å². The Kier molecular flexibility index (Phi) is 9.89. The van der Waals surface area contributed by atoms with Gasteiger partial charge in [-0.2, -0.15) is 0 Å². The summed E-state index contributed by atoms with van der Waals surface area (Å²) >= 11 is 1.65. The van der Waals surface area contributed by atoms with E-state index in [1.54, 1.807) is 18.4 Å². The Balaban J connectivity index is 1.11. The Morgan fingerprint density at radius 3 is 2.24 bits per heavy atom. The highest BCUT2D eigenvalue weighted by Gasteiger charge is 2.32. The molecule has 1 aromatic heterocycles. The minimum absolute atomic E-state index is 0.0100. The zero-order valence-electron chi connectivity index (χ0n) is 27.0. The maximum absolute atomic E-state index is 14.3. The van der Waals surface area contributed by atoms with Crippen molar-refractivity contribution in [1.29, 1.82) is 0 Å². The molecule has 7 heteroatoms. The van der Waals surface area contributed by atoms with E-state index in [0.29, 0.717) is 23.8 Å². The Morgan fingerprint density at radius 1 is 0.783 bits per heavy atom. The third kappa shape index (κ3) is 6.97. The van der Waals surface area contributed by atoms with Crippen molar-refractivity contribution < 1.29 is 19.0 Å². The molecule has 2 saturated heterocycles. The smallest absolute Gasteiger partial charge is 0.195 e. The van der Waals surface area contributed by atoms with Crippen LogP contribution in [0, 0.1) is 0 Å². The van der Waals surface area contributed by atoms with Crippen molar-refractivity contribution in [3.8, 4) is 27.7 Å². The fourth-order valence-corrected chi connectivity index (χ4v) is 8.71. The number of hydrogen-bond donors (Lipinski definition) is 0. The number of nitrogens with zero attached hydrogens (tertiary/aromatic N) is 2. The van der Waals surface area contributed by atoms with E-state index in [2.05, 4.69) is 28.0 Å². The SMILES string of the molecule is COc1ccc2sc(-c3ccc(OCCN4CCCC4)cc3)c(C(=O)c3ccc(OC4CCCCC4N4CCCCC4)cc3)c2c1. The summed E-state index contributed by atoms with van der Waals surface area (Å²) in [5, 5.41) is 0.919. The summed E-state index contributed by atoms with van der Waals surface area (Å²) in [6, 6.07) is 22.5. The average molecular weight is 639 g/mol. The summed E-state index contributed by atoms with van der Waals surface area (Å²) in [4.78, 5) is 20.4. The molecule has 0 radical (unpaired) electrons. The van der Waals surface area contributed by atoms with Crippen LogP contribution in [0.4, 0.5) is 0 Å². The zero-order valence-corrected chi connectivity index (χ0v) is 27.9. The molecule has 0 N–H and O–H groups in total. The van der Waals surface area contributed by atoms with Crippen LogP contribution in [0.3, 0.4) is 0 Å². The van der Waals surface area contributed by atoms with Gasteiger partial charge in [0.2, 0.25) is 0 Å². The average Bonchev–Trinajstić information content (AvgIpc) is 3.77. The van der Waals surface area contributed by atoms with Crippen LogP contribution in [0.15, 0.2) is 66.7 Å². The Labute approximate surface area is 277 Å². The first kappa shape index (κ1) is 31.2. The zero-order chi connectivity index (χ0) is 31.3. The monoisotopic (exact) mass is 638 g/mol. The first-order valence-corrected chi connectivity index (χ1v) is 18.1. The summed E-state index contributed by atoms with van der Waals surface area (Å²) in [7, 11) is 1.67. The Morgan fingerprint density at radius 2 is 1.48 bits per heavy atom. The molecule has 2 aliphatic heterocycles. The highest BCUT2D eigenvalue weighted by Crippen LogP contribution is 2.42. The number of hydrogen-bond acceptors (Lipinski definition) is 7. The Bertz CT molecular complexity index is 1600. The van der Waals surface area contributed by atoms with Gasteiger partial charge in [0.25, 0.3) is 0 Å². The second-order valence-electron chi connectivity index (χ2n) is 13.0. The first-order valence-electron chi connectivity index (χ1n) is 17.3. The fraction of sp³-hybridized carbons (Fsp3) is 0.462. The summed E-state index contributed by atoms with van der Waals surface area (Å²) in [6.45, 7) is 6.37. The number of piperidine rings is 1. The van der Waals surface area contributed by atoms with E-state index >= 15 is 0 Å². The van der Waals surface area contributed by atoms with Crippen molar-refractivity contribution in [2.45, 2.75) is 69.9 Å². The van der Waals surface area contributed by atoms with Crippen molar-refractivity contribution in [1.82, 2.24) is 9.80 Å². The van der Waals surface area contributed by atoms with Gasteiger partial charge in [0.1, 0.15) is 30.0 Å². The number of thiophene rings is 1. The first-order chi connectivity index (χ1) is 22.7. The molecule has 46 heavy (non-hydrogen) atoms. The molecule has 3 aromatic carbocycles. The molecule has 0 spiro atoms. The van der Waals surface area contributed by atoms with E-state index in [9.17, 15) is 4.79 Å². The molecule has 2 unspecified atom stereocenters. The quantitative estimate of drug-likeness (QED) is 0.154. The molecule has 3 heterocycles. The molecular weight excluding hydrogens is 593 g/mol. The second kappa shape index (κ2) is 14.6. The van der Waals surface area contributed by atoms with Gasteiger partial charge < -0.3 is 14.2 Å². The van der Waals surface area contributed by atoms with E-state index in [0.717, 1.165) is 50.7 Å². The second-order valence-corrected chi connectivity index (χ2v) is 14.1. The van der Waals surface area contributed by atoms with Crippen molar-refractivity contribution >= 4 is 27.2 Å². The van der Waals surface area contributed by atoms with Crippen LogP contribution in [0.1, 0.15) is 73.7 Å². The Hall–Kier alpha value is -3.39. The molecule has 0 amide bonds. The maximum atomic E-state index is 14.3. The predicted molar refractivity (Wildman–Crippen MR) is 187 cm³/mol. The van der Waals surface area contributed by atoms with Gasteiger partial charge in [-0.3, -0.25) is 14.6 Å². The van der Waals surface area contributed by atoms with Crippen LogP contribution in [-0.2, 0) is 0 Å². The number of fused-ring (bicyclic) bond motifs is 1. The fourth-order valence-electron chi connectivity index (χ4n) is 7.52. The van der Waals surface area contributed by atoms with E-state index in [1.165, 1.54) is 77.5 Å². The van der Waals surface area contributed by atoms with Gasteiger partial charge in [-0.1, -0.05) is 12.8 Å². The van der Waals surface area contributed by atoms with Crippen LogP contribution in [-0.4, -0.2) is 74.2 Å². The lowest BCUT2D eigenvalue weighted by Crippen LogP contribution is -2.49. The number of ether oxygens (including phenoxy) is 3. The van der Waals surface area contributed by atoms with Crippen LogP contribution in [0.25, 0.3) is 20.5 Å². The standard InChI is InChI=1S/C39H46N2O4S/c1-43-32-19-20-36-33(27-32)37(39(46-36)29-13-15-30(16-14-29)44-26-25-40-21-7-8-22-40)38(42)28-11-17-31(18-12-28)45-35-10-4-3-9-34(35)41-23-5-2-6-24-41/h11-20,27,34-35H,2-10,21-26H2,1H3. The lowest BCUT2D eigenvalue weighted by atomic mass is 9.90. The van der Waals surface area contributed by atoms with E-state index < -0.39 is 0 Å². The largest absolute Gasteiger partial charge is 0.497 e. The van der Waals surface area contributed by atoms with Gasteiger partial charge >= 0.3 is 0 Å². The van der Waals surface area contributed by atoms with Gasteiger partial charge in [-0.05, 0) is 143 Å². The number of carbonyl (C=O) groups is 1. The highest BCUT2D eigenvalue weighted by atomic mass is 32.1. The minimum Gasteiger partial charge on any atom is -0.497 e. The van der Waals surface area contributed by atoms with Gasteiger partial charge in [0.15, 0.2) is 5.78 Å². The predicted octanol–water partition coefficient (Wildman–Crippen LogP) is 8.46. The van der Waals surface area contributed by atoms with Crippen molar-refractivity contribution in [2.75, 3.05) is 46.4 Å². The number of carbonyl (C=O) groups excluding carboxylic acids is 1. The summed E-state index contributed by atoms with van der Waals surface area (Å²) in [6.07, 6.45) is 11.5. The van der Waals surface area contributed by atoms with Gasteiger partial charge in [-0.25, -0.2) is 0 Å². The molecule has 242 valence electrons. The van der Waals surface area contributed by atoms with Crippen LogP contribution >= 0.6 is 11.3 Å². The van der Waals surface area contributed by atoms with Gasteiger partial charge in [0.05, 0.1) is 7.11 Å². The third-order valence-corrected chi connectivity index (χ3v) is 11.3. The van der Waals surface area contributed by atoms with Crippen molar-refractivity contribution in [3.05, 3.63) is 77.9 Å². The lowest BCUT2D eigenvalue weighted by molar-refractivity contribution is 0.0261. The third-order valence-electron chi connectivity index (χ3n) is 10.0. The molecule has 1 aliphatic carbocycles. The summed E-state index contributed by atoms with van der Waals surface area (Å²) < 4.78 is 19.3. The number of likely N-dealkylation sites (tertiary alicyclic amines) is 2. The summed E-state index contributed by atoms with van der Waals surface area (Å²) in [5.41, 5.74) is 2.39. The molecule has 3 fully saturated rings. The number of rotatable bonds is 11. The van der Waals surface area contributed by atoms with Crippen molar-refractivity contribution in [3.63, 3.8) is 0 Å². The van der Waals surface area contributed by atoms with Crippen LogP contribution in [0.5, 0.6) is 17.2 Å². The molecule has 3 aliphatic rings. The lowest BCUT2D eigenvalue weighted by Gasteiger charge is -2.41. The molecule has 1 saturated carbocycles. The van der Waals surface area contributed by atoms with Crippen molar-refractivity contribution in [2.24, 2.45) is 0 Å². The summed E-state index contributed by atoms with van der Waals surface area (Å²) in [5.74, 6) is 2.46. The normalized spacial score (nSPS) is 21.0. The van der Waals surface area contributed by atoms with Crippen LogP contribution in [0.2, 0.25) is 0 Å². The minimum atomic E-state index is 0.0100. The van der Waals surface area contributed by atoms with Gasteiger partial charge in [0, 0.05) is 38.7 Å².